The summed E-state index contributed by atoms with van der Waals surface area (Å²) in [6.07, 6.45) is 0.986. The molecule has 0 unspecified atom stereocenters. The highest BCUT2D eigenvalue weighted by atomic mass is 16.3. The zero-order valence-electron chi connectivity index (χ0n) is 16.1. The van der Waals surface area contributed by atoms with Crippen molar-refractivity contribution in [3.63, 3.8) is 0 Å². The van der Waals surface area contributed by atoms with Crippen LogP contribution < -0.4 is 21.3 Å². The van der Waals surface area contributed by atoms with Gasteiger partial charge < -0.3 is 25.7 Å². The predicted octanol–water partition coefficient (Wildman–Crippen LogP) is 2.35. The maximum Gasteiger partial charge on any atom is 0.284 e. The van der Waals surface area contributed by atoms with E-state index < -0.39 is 5.91 Å². The number of anilines is 1. The van der Waals surface area contributed by atoms with Crippen LogP contribution in [0.5, 0.6) is 0 Å². The van der Waals surface area contributed by atoms with E-state index in [0.717, 1.165) is 38.6 Å². The van der Waals surface area contributed by atoms with Gasteiger partial charge in [-0.15, -0.1) is 0 Å². The van der Waals surface area contributed by atoms with Crippen LogP contribution in [0.2, 0.25) is 0 Å². The zero-order valence-corrected chi connectivity index (χ0v) is 16.1. The van der Waals surface area contributed by atoms with Crippen LogP contribution in [-0.2, 0) is 6.54 Å². The quantitative estimate of drug-likeness (QED) is 0.338. The molecule has 0 aliphatic heterocycles. The number of hydrogen-bond acceptors (Lipinski definition) is 4. The monoisotopic (exact) mass is 371 g/mol. The Morgan fingerprint density at radius 1 is 1.15 bits per heavy atom. The molecule has 27 heavy (non-hydrogen) atoms. The molecule has 2 aromatic rings. The molecule has 1 aromatic carbocycles. The van der Waals surface area contributed by atoms with Crippen LogP contribution in [0.25, 0.3) is 0 Å². The molecule has 0 aliphatic carbocycles. The lowest BCUT2D eigenvalue weighted by molar-refractivity contribution is 0.0972. The SMILES string of the molecule is CCNC(=NCc1ccc(C(N)=O)o1)NCCCN(CC)c1ccccc1. The van der Waals surface area contributed by atoms with Crippen LogP contribution in [0.1, 0.15) is 36.6 Å². The standard InChI is InChI=1S/C20H29N5O2/c1-3-22-20(24-15-17-11-12-18(27-17)19(21)26)23-13-8-14-25(4-2)16-9-6-5-7-10-16/h5-7,9-12H,3-4,8,13-15H2,1-2H3,(H2,21,26)(H2,22,23,24). The summed E-state index contributed by atoms with van der Waals surface area (Å²) >= 11 is 0. The first-order chi connectivity index (χ1) is 13.1. The third-order valence-electron chi connectivity index (χ3n) is 4.04. The molecule has 2 rings (SSSR count). The molecule has 0 saturated heterocycles. The smallest absolute Gasteiger partial charge is 0.284 e. The number of nitrogens with zero attached hydrogens (tertiary/aromatic N) is 2. The lowest BCUT2D eigenvalue weighted by atomic mass is 10.2. The van der Waals surface area contributed by atoms with Crippen LogP contribution in [0, 0.1) is 0 Å². The molecule has 146 valence electrons. The summed E-state index contributed by atoms with van der Waals surface area (Å²) in [5.41, 5.74) is 6.43. The zero-order chi connectivity index (χ0) is 19.5. The summed E-state index contributed by atoms with van der Waals surface area (Å²) in [6.45, 7) is 8.03. The Morgan fingerprint density at radius 3 is 2.56 bits per heavy atom. The number of furan rings is 1. The summed E-state index contributed by atoms with van der Waals surface area (Å²) < 4.78 is 5.35. The second-order valence-corrected chi connectivity index (χ2v) is 6.02. The van der Waals surface area contributed by atoms with Crippen molar-refractivity contribution in [1.29, 1.82) is 0 Å². The summed E-state index contributed by atoms with van der Waals surface area (Å²) in [5, 5.41) is 6.54. The minimum atomic E-state index is -0.575. The fourth-order valence-corrected chi connectivity index (χ4v) is 2.68. The first-order valence-electron chi connectivity index (χ1n) is 9.34. The molecule has 0 saturated carbocycles. The molecule has 1 amide bonds. The number of rotatable bonds is 10. The Balaban J connectivity index is 1.81. The number of amides is 1. The number of aliphatic imine (C=N–C) groups is 1. The Morgan fingerprint density at radius 2 is 1.93 bits per heavy atom. The predicted molar refractivity (Wildman–Crippen MR) is 109 cm³/mol. The van der Waals surface area contributed by atoms with Crippen molar-refractivity contribution in [1.82, 2.24) is 10.6 Å². The Kier molecular flexibility index (Phi) is 8.22. The van der Waals surface area contributed by atoms with E-state index in [0.29, 0.717) is 12.3 Å². The van der Waals surface area contributed by atoms with Gasteiger partial charge in [-0.3, -0.25) is 4.79 Å². The highest BCUT2D eigenvalue weighted by molar-refractivity contribution is 5.89. The van der Waals surface area contributed by atoms with Gasteiger partial charge in [0.25, 0.3) is 5.91 Å². The van der Waals surface area contributed by atoms with Gasteiger partial charge >= 0.3 is 0 Å². The van der Waals surface area contributed by atoms with Gasteiger partial charge in [-0.25, -0.2) is 4.99 Å². The number of carbonyl (C=O) groups excluding carboxylic acids is 1. The topological polar surface area (TPSA) is 95.9 Å². The molecular weight excluding hydrogens is 342 g/mol. The highest BCUT2D eigenvalue weighted by Crippen LogP contribution is 2.12. The fourth-order valence-electron chi connectivity index (χ4n) is 2.68. The first kappa shape index (κ1) is 20.4. The Bertz CT molecular complexity index is 727. The summed E-state index contributed by atoms with van der Waals surface area (Å²) in [5.74, 6) is 0.896. The average Bonchev–Trinajstić information content (AvgIpc) is 3.16. The van der Waals surface area contributed by atoms with E-state index in [9.17, 15) is 4.79 Å². The van der Waals surface area contributed by atoms with E-state index >= 15 is 0 Å². The van der Waals surface area contributed by atoms with E-state index in [4.69, 9.17) is 10.2 Å². The van der Waals surface area contributed by atoms with Crippen molar-refractivity contribution in [2.45, 2.75) is 26.8 Å². The molecule has 7 nitrogen and oxygen atoms in total. The molecule has 0 aliphatic rings. The normalized spacial score (nSPS) is 11.3. The minimum Gasteiger partial charge on any atom is -0.454 e. The van der Waals surface area contributed by atoms with Gasteiger partial charge in [0.2, 0.25) is 0 Å². The van der Waals surface area contributed by atoms with Crippen molar-refractivity contribution < 1.29 is 9.21 Å². The molecule has 0 bridgehead atoms. The van der Waals surface area contributed by atoms with E-state index in [1.54, 1.807) is 12.1 Å². The fraction of sp³-hybridized carbons (Fsp3) is 0.400. The maximum atomic E-state index is 11.1. The van der Waals surface area contributed by atoms with Crippen LogP contribution in [0.3, 0.4) is 0 Å². The van der Waals surface area contributed by atoms with Crippen LogP contribution in [0.15, 0.2) is 51.9 Å². The number of carbonyl (C=O) groups is 1. The van der Waals surface area contributed by atoms with Crippen molar-refractivity contribution in [3.05, 3.63) is 54.0 Å². The maximum absolute atomic E-state index is 11.1. The van der Waals surface area contributed by atoms with Gasteiger partial charge in [-0.05, 0) is 44.5 Å². The molecule has 0 fully saturated rings. The minimum absolute atomic E-state index is 0.152. The average molecular weight is 371 g/mol. The summed E-state index contributed by atoms with van der Waals surface area (Å²) in [4.78, 5) is 17.9. The number of guanidine groups is 1. The summed E-state index contributed by atoms with van der Waals surface area (Å²) in [6, 6.07) is 13.7. The number of nitrogens with two attached hydrogens (primary N) is 1. The van der Waals surface area contributed by atoms with E-state index in [1.807, 2.05) is 13.0 Å². The van der Waals surface area contributed by atoms with Crippen molar-refractivity contribution >= 4 is 17.6 Å². The van der Waals surface area contributed by atoms with Crippen LogP contribution >= 0.6 is 0 Å². The van der Waals surface area contributed by atoms with Gasteiger partial charge in [0.05, 0.1) is 0 Å². The van der Waals surface area contributed by atoms with E-state index in [-0.39, 0.29) is 5.76 Å². The third kappa shape index (κ3) is 6.69. The molecular formula is C20H29N5O2. The van der Waals surface area contributed by atoms with Gasteiger partial charge in [0.1, 0.15) is 12.3 Å². The van der Waals surface area contributed by atoms with Gasteiger partial charge in [0, 0.05) is 31.9 Å². The Hall–Kier alpha value is -2.96. The summed E-state index contributed by atoms with van der Waals surface area (Å²) in [7, 11) is 0. The van der Waals surface area contributed by atoms with Crippen LogP contribution in [0.4, 0.5) is 5.69 Å². The van der Waals surface area contributed by atoms with Crippen molar-refractivity contribution in [3.8, 4) is 0 Å². The van der Waals surface area contributed by atoms with Gasteiger partial charge in [-0.1, -0.05) is 18.2 Å². The Labute approximate surface area is 160 Å². The van der Waals surface area contributed by atoms with Crippen LogP contribution in [-0.4, -0.2) is 38.0 Å². The van der Waals surface area contributed by atoms with Gasteiger partial charge in [0.15, 0.2) is 11.7 Å². The number of primary amides is 1. The van der Waals surface area contributed by atoms with E-state index in [1.165, 1.54) is 5.69 Å². The first-order valence-corrected chi connectivity index (χ1v) is 9.34. The molecule has 1 heterocycles. The second-order valence-electron chi connectivity index (χ2n) is 6.02. The molecule has 0 radical (unpaired) electrons. The van der Waals surface area contributed by atoms with Crippen molar-refractivity contribution in [2.24, 2.45) is 10.7 Å². The molecule has 0 atom stereocenters. The van der Waals surface area contributed by atoms with E-state index in [2.05, 4.69) is 51.7 Å². The van der Waals surface area contributed by atoms with Crippen molar-refractivity contribution in [2.75, 3.05) is 31.1 Å². The number of para-hydroxylation sites is 1. The number of hydrogen-bond donors (Lipinski definition) is 3. The third-order valence-corrected chi connectivity index (χ3v) is 4.04. The molecule has 7 heteroatoms. The molecule has 4 N–H and O–H groups in total. The largest absolute Gasteiger partial charge is 0.454 e. The second kappa shape index (κ2) is 10.9. The van der Waals surface area contributed by atoms with Gasteiger partial charge in [-0.2, -0.15) is 0 Å². The highest BCUT2D eigenvalue weighted by Gasteiger charge is 2.07. The molecule has 1 aromatic heterocycles. The lowest BCUT2D eigenvalue weighted by Crippen LogP contribution is -2.38. The lowest BCUT2D eigenvalue weighted by Gasteiger charge is -2.23. The number of nitrogens with one attached hydrogen (secondary N) is 2. The molecule has 0 spiro atoms. The number of benzene rings is 1.